The molecule has 0 aliphatic rings. The van der Waals surface area contributed by atoms with Crippen molar-refractivity contribution in [3.05, 3.63) is 77.0 Å². The molecule has 0 saturated heterocycles. The first-order chi connectivity index (χ1) is 10.2. The molecular weight excluding hydrogens is 256 g/mol. The van der Waals surface area contributed by atoms with Crippen molar-refractivity contribution in [2.75, 3.05) is 0 Å². The predicted octanol–water partition coefficient (Wildman–Crippen LogP) is 4.09. The average molecular weight is 276 g/mol. The number of pyridine rings is 1. The Morgan fingerprint density at radius 1 is 0.952 bits per heavy atom. The van der Waals surface area contributed by atoms with E-state index in [-0.39, 0.29) is 6.04 Å². The van der Waals surface area contributed by atoms with Crippen LogP contribution in [0.3, 0.4) is 0 Å². The lowest BCUT2D eigenvalue weighted by molar-refractivity contribution is 0.720. The van der Waals surface area contributed by atoms with Gasteiger partial charge in [0.15, 0.2) is 0 Å². The van der Waals surface area contributed by atoms with Crippen molar-refractivity contribution in [2.24, 2.45) is 5.73 Å². The van der Waals surface area contributed by atoms with E-state index in [0.29, 0.717) is 0 Å². The summed E-state index contributed by atoms with van der Waals surface area (Å²) in [5.74, 6) is 0. The number of benzene rings is 2. The van der Waals surface area contributed by atoms with Gasteiger partial charge in [-0.1, -0.05) is 42.5 Å². The van der Waals surface area contributed by atoms with Crippen LogP contribution >= 0.6 is 0 Å². The summed E-state index contributed by atoms with van der Waals surface area (Å²) in [6.45, 7) is 4.30. The van der Waals surface area contributed by atoms with Crippen LogP contribution in [0.5, 0.6) is 0 Å². The van der Waals surface area contributed by atoms with Gasteiger partial charge >= 0.3 is 0 Å². The minimum atomic E-state index is -0.0385. The Morgan fingerprint density at radius 3 is 2.38 bits per heavy atom. The Hall–Kier alpha value is -2.19. The fourth-order valence-corrected chi connectivity index (χ4v) is 2.93. The fraction of sp³-hybridized carbons (Fsp3) is 0.211. The van der Waals surface area contributed by atoms with Crippen LogP contribution in [-0.2, 0) is 6.42 Å². The maximum Gasteiger partial charge on any atom is 0.0749 e. The standard InChI is InChI=1S/C19H20N2/c1-13-6-3-7-14(2)17(13)12-18(20)16-10-4-8-15-9-5-11-21-19(15)16/h3-11,18H,12,20H2,1-2H3. The third-order valence-corrected chi connectivity index (χ3v) is 4.13. The Balaban J connectivity index is 2.00. The maximum atomic E-state index is 6.49. The van der Waals surface area contributed by atoms with Gasteiger partial charge in [0, 0.05) is 17.6 Å². The summed E-state index contributed by atoms with van der Waals surface area (Å²) in [7, 11) is 0. The van der Waals surface area contributed by atoms with Crippen molar-refractivity contribution < 1.29 is 0 Å². The number of fused-ring (bicyclic) bond motifs is 1. The van der Waals surface area contributed by atoms with Gasteiger partial charge in [-0.2, -0.15) is 0 Å². The van der Waals surface area contributed by atoms with E-state index < -0.39 is 0 Å². The molecule has 0 fully saturated rings. The lowest BCUT2D eigenvalue weighted by Crippen LogP contribution is -2.15. The second-order valence-electron chi connectivity index (χ2n) is 5.60. The van der Waals surface area contributed by atoms with Gasteiger partial charge < -0.3 is 5.73 Å². The van der Waals surface area contributed by atoms with Crippen LogP contribution in [0.15, 0.2) is 54.7 Å². The van der Waals surface area contributed by atoms with Crippen LogP contribution in [0, 0.1) is 13.8 Å². The first kappa shape index (κ1) is 13.8. The predicted molar refractivity (Wildman–Crippen MR) is 88.3 cm³/mol. The molecule has 0 saturated carbocycles. The molecule has 1 unspecified atom stereocenters. The minimum Gasteiger partial charge on any atom is -0.324 e. The maximum absolute atomic E-state index is 6.49. The zero-order valence-electron chi connectivity index (χ0n) is 12.5. The minimum absolute atomic E-state index is 0.0385. The first-order valence-corrected chi connectivity index (χ1v) is 7.31. The van der Waals surface area contributed by atoms with E-state index in [1.54, 1.807) is 0 Å². The number of aromatic nitrogens is 1. The average Bonchev–Trinajstić information content (AvgIpc) is 2.50. The van der Waals surface area contributed by atoms with Crippen molar-refractivity contribution in [2.45, 2.75) is 26.3 Å². The smallest absolute Gasteiger partial charge is 0.0749 e. The lowest BCUT2D eigenvalue weighted by atomic mass is 9.92. The summed E-state index contributed by atoms with van der Waals surface area (Å²) in [6.07, 6.45) is 2.67. The molecule has 2 nitrogen and oxygen atoms in total. The molecule has 1 aromatic heterocycles. The summed E-state index contributed by atoms with van der Waals surface area (Å²) < 4.78 is 0. The molecule has 1 atom stereocenters. The van der Waals surface area contributed by atoms with E-state index in [0.717, 1.165) is 22.9 Å². The van der Waals surface area contributed by atoms with E-state index in [4.69, 9.17) is 5.73 Å². The molecule has 3 aromatic rings. The third-order valence-electron chi connectivity index (χ3n) is 4.13. The van der Waals surface area contributed by atoms with Crippen LogP contribution in [0.4, 0.5) is 0 Å². The molecule has 0 aliphatic carbocycles. The summed E-state index contributed by atoms with van der Waals surface area (Å²) in [5.41, 5.74) is 12.6. The van der Waals surface area contributed by atoms with Gasteiger partial charge in [-0.25, -0.2) is 0 Å². The number of hydrogen-bond acceptors (Lipinski definition) is 2. The topological polar surface area (TPSA) is 38.9 Å². The molecule has 3 rings (SSSR count). The molecule has 2 N–H and O–H groups in total. The summed E-state index contributed by atoms with van der Waals surface area (Å²) in [5, 5.41) is 1.15. The number of rotatable bonds is 3. The monoisotopic (exact) mass is 276 g/mol. The Bertz CT molecular complexity index is 752. The summed E-state index contributed by atoms with van der Waals surface area (Å²) in [4.78, 5) is 4.51. The van der Waals surface area contributed by atoms with Crippen molar-refractivity contribution in [1.29, 1.82) is 0 Å². The van der Waals surface area contributed by atoms with Gasteiger partial charge in [0.05, 0.1) is 5.52 Å². The molecule has 21 heavy (non-hydrogen) atoms. The van der Waals surface area contributed by atoms with Crippen molar-refractivity contribution in [3.8, 4) is 0 Å². The van der Waals surface area contributed by atoms with E-state index in [9.17, 15) is 0 Å². The number of nitrogens with two attached hydrogens (primary N) is 1. The molecule has 1 heterocycles. The molecule has 0 aliphatic heterocycles. The van der Waals surface area contributed by atoms with Gasteiger partial charge in [-0.05, 0) is 48.6 Å². The number of hydrogen-bond donors (Lipinski definition) is 1. The first-order valence-electron chi connectivity index (χ1n) is 7.31. The summed E-state index contributed by atoms with van der Waals surface area (Å²) in [6, 6.07) is 16.6. The molecule has 106 valence electrons. The largest absolute Gasteiger partial charge is 0.324 e. The molecule has 0 spiro atoms. The number of nitrogens with zero attached hydrogens (tertiary/aromatic N) is 1. The van der Waals surface area contributed by atoms with E-state index >= 15 is 0 Å². The normalized spacial score (nSPS) is 12.5. The SMILES string of the molecule is Cc1cccc(C)c1CC(N)c1cccc2cccnc12. The highest BCUT2D eigenvalue weighted by molar-refractivity contribution is 5.82. The zero-order chi connectivity index (χ0) is 14.8. The van der Waals surface area contributed by atoms with Crippen LogP contribution < -0.4 is 5.73 Å². The Morgan fingerprint density at radius 2 is 1.62 bits per heavy atom. The highest BCUT2D eigenvalue weighted by Crippen LogP contribution is 2.25. The molecule has 0 amide bonds. The molecule has 2 heteroatoms. The van der Waals surface area contributed by atoms with Gasteiger partial charge in [0.2, 0.25) is 0 Å². The van der Waals surface area contributed by atoms with Crippen LogP contribution in [0.1, 0.15) is 28.3 Å². The van der Waals surface area contributed by atoms with Crippen molar-refractivity contribution in [3.63, 3.8) is 0 Å². The van der Waals surface area contributed by atoms with Crippen LogP contribution in [0.2, 0.25) is 0 Å². The fourth-order valence-electron chi connectivity index (χ4n) is 2.93. The second kappa shape index (κ2) is 5.66. The third kappa shape index (κ3) is 2.67. The van der Waals surface area contributed by atoms with Crippen molar-refractivity contribution >= 4 is 10.9 Å². The molecule has 2 aromatic carbocycles. The van der Waals surface area contributed by atoms with Crippen LogP contribution in [-0.4, -0.2) is 4.98 Å². The van der Waals surface area contributed by atoms with E-state index in [1.807, 2.05) is 12.3 Å². The quantitative estimate of drug-likeness (QED) is 0.782. The van der Waals surface area contributed by atoms with E-state index in [1.165, 1.54) is 16.7 Å². The highest BCUT2D eigenvalue weighted by atomic mass is 14.7. The second-order valence-corrected chi connectivity index (χ2v) is 5.60. The van der Waals surface area contributed by atoms with E-state index in [2.05, 4.69) is 61.3 Å². The number of para-hydroxylation sites is 1. The molecule has 0 radical (unpaired) electrons. The number of aryl methyl sites for hydroxylation is 2. The van der Waals surface area contributed by atoms with Crippen LogP contribution in [0.25, 0.3) is 10.9 Å². The molecular formula is C19H20N2. The van der Waals surface area contributed by atoms with Crippen molar-refractivity contribution in [1.82, 2.24) is 4.98 Å². The Labute approximate surface area is 125 Å². The zero-order valence-corrected chi connectivity index (χ0v) is 12.5. The molecule has 0 bridgehead atoms. The Kier molecular flexibility index (Phi) is 3.72. The van der Waals surface area contributed by atoms with Gasteiger partial charge in [0.1, 0.15) is 0 Å². The van der Waals surface area contributed by atoms with Gasteiger partial charge in [-0.15, -0.1) is 0 Å². The highest BCUT2D eigenvalue weighted by Gasteiger charge is 2.13. The lowest BCUT2D eigenvalue weighted by Gasteiger charge is -2.17. The summed E-state index contributed by atoms with van der Waals surface area (Å²) >= 11 is 0. The van der Waals surface area contributed by atoms with Gasteiger partial charge in [0.25, 0.3) is 0 Å². The van der Waals surface area contributed by atoms with Gasteiger partial charge in [-0.3, -0.25) is 4.98 Å².